The highest BCUT2D eigenvalue weighted by atomic mass is 16.2. The van der Waals surface area contributed by atoms with Crippen LogP contribution in [-0.2, 0) is 48.6 Å². The van der Waals surface area contributed by atoms with Crippen LogP contribution in [0.25, 0.3) is 0 Å². The molecule has 174 valence electrons. The van der Waals surface area contributed by atoms with Gasteiger partial charge in [0.05, 0.1) is 12.1 Å². The molecule has 34 heavy (non-hydrogen) atoms. The summed E-state index contributed by atoms with van der Waals surface area (Å²) in [6.45, 7) is 2.73. The maximum atomic E-state index is 12.2. The molecule has 0 fully saturated rings. The third-order valence-electron chi connectivity index (χ3n) is 7.14. The molecule has 6 heteroatoms. The highest BCUT2D eigenvalue weighted by molar-refractivity contribution is 5.81. The molecule has 5 rings (SSSR count). The largest absolute Gasteiger partial charge is 0.368 e. The Bertz CT molecular complexity index is 1110. The fraction of sp³-hybridized carbons (Fsp3) is 0.286. The maximum absolute atomic E-state index is 12.2. The number of carbonyl (C=O) groups is 2. The minimum absolute atomic E-state index is 0.283. The Morgan fingerprint density at radius 2 is 0.971 bits per heavy atom. The third-order valence-corrected chi connectivity index (χ3v) is 7.14. The van der Waals surface area contributed by atoms with Crippen molar-refractivity contribution in [2.24, 2.45) is 11.5 Å². The molecule has 2 heterocycles. The Morgan fingerprint density at radius 3 is 1.32 bits per heavy atom. The van der Waals surface area contributed by atoms with Crippen LogP contribution < -0.4 is 11.5 Å². The number of hydrogen-bond donors (Lipinski definition) is 2. The van der Waals surface area contributed by atoms with Crippen LogP contribution in [-0.4, -0.2) is 33.7 Å². The summed E-state index contributed by atoms with van der Waals surface area (Å²) < 4.78 is 0. The van der Waals surface area contributed by atoms with Crippen LogP contribution in [0.3, 0.4) is 0 Å². The molecule has 2 amide bonds. The SMILES string of the molecule is NC(=O)[C@@H]1Cc2ccccc2CN1Cc1ccc(CN2Cc3ccccc3C[C@H]2C(N)=O)cc1. The van der Waals surface area contributed by atoms with E-state index in [1.165, 1.54) is 22.3 Å². The summed E-state index contributed by atoms with van der Waals surface area (Å²) >= 11 is 0. The molecule has 2 atom stereocenters. The fourth-order valence-electron chi connectivity index (χ4n) is 5.27. The molecule has 0 radical (unpaired) electrons. The van der Waals surface area contributed by atoms with E-state index < -0.39 is 0 Å². The Balaban J connectivity index is 1.29. The predicted octanol–water partition coefficient (Wildman–Crippen LogP) is 2.51. The fourth-order valence-corrected chi connectivity index (χ4v) is 5.27. The molecule has 0 aromatic heterocycles. The average molecular weight is 455 g/mol. The van der Waals surface area contributed by atoms with Crippen molar-refractivity contribution in [3.8, 4) is 0 Å². The van der Waals surface area contributed by atoms with Crippen LogP contribution in [0.15, 0.2) is 72.8 Å². The number of carbonyl (C=O) groups excluding carboxylic acids is 2. The van der Waals surface area contributed by atoms with E-state index in [-0.39, 0.29) is 23.9 Å². The molecule has 6 nitrogen and oxygen atoms in total. The van der Waals surface area contributed by atoms with Crippen molar-refractivity contribution in [1.82, 2.24) is 9.80 Å². The van der Waals surface area contributed by atoms with Crippen molar-refractivity contribution >= 4 is 11.8 Å². The number of hydrogen-bond acceptors (Lipinski definition) is 4. The molecule has 0 unspecified atom stereocenters. The quantitative estimate of drug-likeness (QED) is 0.599. The van der Waals surface area contributed by atoms with Gasteiger partial charge < -0.3 is 11.5 Å². The average Bonchev–Trinajstić information content (AvgIpc) is 2.84. The van der Waals surface area contributed by atoms with Crippen LogP contribution >= 0.6 is 0 Å². The van der Waals surface area contributed by atoms with Crippen molar-refractivity contribution in [3.63, 3.8) is 0 Å². The van der Waals surface area contributed by atoms with Gasteiger partial charge in [-0.2, -0.15) is 0 Å². The van der Waals surface area contributed by atoms with Crippen molar-refractivity contribution in [1.29, 1.82) is 0 Å². The van der Waals surface area contributed by atoms with Gasteiger partial charge in [0.25, 0.3) is 0 Å². The first kappa shape index (κ1) is 22.3. The molecular formula is C28H30N4O2. The molecule has 4 N–H and O–H groups in total. The first-order chi connectivity index (χ1) is 16.5. The first-order valence-electron chi connectivity index (χ1n) is 11.8. The maximum Gasteiger partial charge on any atom is 0.235 e. The normalized spacial score (nSPS) is 20.4. The van der Waals surface area contributed by atoms with E-state index in [4.69, 9.17) is 11.5 Å². The number of amides is 2. The zero-order valence-electron chi connectivity index (χ0n) is 19.2. The number of benzene rings is 3. The van der Waals surface area contributed by atoms with Crippen LogP contribution in [0, 0.1) is 0 Å². The molecular weight excluding hydrogens is 424 g/mol. The zero-order chi connectivity index (χ0) is 23.7. The molecule has 0 saturated heterocycles. The van der Waals surface area contributed by atoms with E-state index in [1.807, 2.05) is 24.3 Å². The van der Waals surface area contributed by atoms with E-state index in [0.717, 1.165) is 11.1 Å². The van der Waals surface area contributed by atoms with Gasteiger partial charge in [-0.15, -0.1) is 0 Å². The predicted molar refractivity (Wildman–Crippen MR) is 131 cm³/mol. The molecule has 2 aliphatic rings. The number of nitrogens with zero attached hydrogens (tertiary/aromatic N) is 2. The second-order valence-corrected chi connectivity index (χ2v) is 9.41. The first-order valence-corrected chi connectivity index (χ1v) is 11.8. The molecule has 0 spiro atoms. The zero-order valence-corrected chi connectivity index (χ0v) is 19.2. The lowest BCUT2D eigenvalue weighted by molar-refractivity contribution is -0.124. The van der Waals surface area contributed by atoms with E-state index >= 15 is 0 Å². The lowest BCUT2D eigenvalue weighted by atomic mass is 9.92. The summed E-state index contributed by atoms with van der Waals surface area (Å²) in [4.78, 5) is 28.6. The standard InChI is InChI=1S/C28H30N4O2/c29-27(33)25-13-21-5-1-3-7-23(21)17-31(25)15-19-9-11-20(12-10-19)16-32-18-24-8-4-2-6-22(24)14-26(32)28(30)34/h1-12,25-26H,13-18H2,(H2,29,33)(H2,30,34)/t25-,26-/m0/s1. The summed E-state index contributed by atoms with van der Waals surface area (Å²) in [6.07, 6.45) is 1.29. The Hall–Kier alpha value is -3.48. The van der Waals surface area contributed by atoms with Gasteiger partial charge in [0.15, 0.2) is 0 Å². The minimum atomic E-state index is -0.306. The highest BCUT2D eigenvalue weighted by Gasteiger charge is 2.31. The molecule has 3 aromatic rings. The van der Waals surface area contributed by atoms with Crippen molar-refractivity contribution < 1.29 is 9.59 Å². The van der Waals surface area contributed by atoms with Gasteiger partial charge >= 0.3 is 0 Å². The van der Waals surface area contributed by atoms with E-state index in [0.29, 0.717) is 39.0 Å². The Morgan fingerprint density at radius 1 is 0.618 bits per heavy atom. The summed E-state index contributed by atoms with van der Waals surface area (Å²) in [7, 11) is 0. The summed E-state index contributed by atoms with van der Waals surface area (Å²) in [6, 6.07) is 24.3. The summed E-state index contributed by atoms with van der Waals surface area (Å²) in [5.74, 6) is -0.567. The van der Waals surface area contributed by atoms with Gasteiger partial charge in [-0.1, -0.05) is 72.8 Å². The van der Waals surface area contributed by atoms with Crippen molar-refractivity contribution in [3.05, 3.63) is 106 Å². The summed E-state index contributed by atoms with van der Waals surface area (Å²) in [5.41, 5.74) is 18.6. The number of fused-ring (bicyclic) bond motifs is 2. The topological polar surface area (TPSA) is 92.7 Å². The van der Waals surface area contributed by atoms with Gasteiger partial charge in [-0.3, -0.25) is 19.4 Å². The van der Waals surface area contributed by atoms with Crippen LogP contribution in [0.1, 0.15) is 33.4 Å². The monoisotopic (exact) mass is 454 g/mol. The van der Waals surface area contributed by atoms with E-state index in [1.54, 1.807) is 0 Å². The molecule has 2 aliphatic heterocycles. The number of primary amides is 2. The second-order valence-electron chi connectivity index (χ2n) is 9.41. The molecule has 0 saturated carbocycles. The molecule has 0 aliphatic carbocycles. The smallest absolute Gasteiger partial charge is 0.235 e. The van der Waals surface area contributed by atoms with Crippen LogP contribution in [0.4, 0.5) is 0 Å². The Kier molecular flexibility index (Phi) is 6.18. The van der Waals surface area contributed by atoms with Gasteiger partial charge in [0.1, 0.15) is 0 Å². The van der Waals surface area contributed by atoms with Crippen LogP contribution in [0.5, 0.6) is 0 Å². The van der Waals surface area contributed by atoms with Crippen molar-refractivity contribution in [2.45, 2.75) is 51.1 Å². The van der Waals surface area contributed by atoms with Crippen LogP contribution in [0.2, 0.25) is 0 Å². The van der Waals surface area contributed by atoms with Gasteiger partial charge in [-0.05, 0) is 46.2 Å². The lowest BCUT2D eigenvalue weighted by Crippen LogP contribution is -2.48. The highest BCUT2D eigenvalue weighted by Crippen LogP contribution is 2.27. The van der Waals surface area contributed by atoms with E-state index in [2.05, 4.69) is 58.3 Å². The van der Waals surface area contributed by atoms with Gasteiger partial charge in [0, 0.05) is 26.2 Å². The lowest BCUT2D eigenvalue weighted by Gasteiger charge is -2.35. The second kappa shape index (κ2) is 9.41. The van der Waals surface area contributed by atoms with Crippen molar-refractivity contribution in [2.75, 3.05) is 0 Å². The molecule has 0 bridgehead atoms. The molecule has 3 aromatic carbocycles. The number of nitrogens with two attached hydrogens (primary N) is 2. The Labute approximate surface area is 200 Å². The minimum Gasteiger partial charge on any atom is -0.368 e. The number of rotatable bonds is 6. The van der Waals surface area contributed by atoms with Gasteiger partial charge in [0.2, 0.25) is 11.8 Å². The third kappa shape index (κ3) is 4.60. The van der Waals surface area contributed by atoms with E-state index in [9.17, 15) is 9.59 Å². The van der Waals surface area contributed by atoms with Gasteiger partial charge in [-0.25, -0.2) is 0 Å². The summed E-state index contributed by atoms with van der Waals surface area (Å²) in [5, 5.41) is 0.